The maximum atomic E-state index is 13.2. The van der Waals surface area contributed by atoms with Crippen molar-refractivity contribution in [3.8, 4) is 23.0 Å². The van der Waals surface area contributed by atoms with Crippen molar-refractivity contribution in [3.05, 3.63) is 82.9 Å². The summed E-state index contributed by atoms with van der Waals surface area (Å²) >= 11 is 5.68. The predicted octanol–water partition coefficient (Wildman–Crippen LogP) is 8.40. The molecular weight excluding hydrogens is 804 g/mol. The van der Waals surface area contributed by atoms with Gasteiger partial charge in [-0.15, -0.1) is 11.6 Å². The molecule has 14 heteroatoms. The lowest BCUT2D eigenvalue weighted by Gasteiger charge is -2.39. The van der Waals surface area contributed by atoms with Crippen LogP contribution in [0.5, 0.6) is 23.0 Å². The minimum atomic E-state index is -1.57. The van der Waals surface area contributed by atoms with Gasteiger partial charge in [0.25, 0.3) is 12.4 Å². The molecule has 3 aromatic rings. The Hall–Kier alpha value is -4.98. The van der Waals surface area contributed by atoms with Crippen molar-refractivity contribution in [1.82, 2.24) is 10.6 Å². The second-order valence-corrected chi connectivity index (χ2v) is 17.3. The molecule has 1 aliphatic rings. The molecule has 0 bridgehead atoms. The van der Waals surface area contributed by atoms with Crippen molar-refractivity contribution >= 4 is 41.8 Å². The second-order valence-electron chi connectivity index (χ2n) is 16.9. The zero-order valence-corrected chi connectivity index (χ0v) is 37.1. The Balaban J connectivity index is 1.35. The fourth-order valence-corrected chi connectivity index (χ4v) is 6.51. The monoisotopic (exact) mass is 864 g/mol. The maximum Gasteiger partial charge on any atom is 0.316 e. The Morgan fingerprint density at radius 3 is 1.77 bits per heavy atom. The molecule has 0 aromatic heterocycles. The largest absolute Gasteiger partial charge is 0.456 e. The molecule has 4 rings (SSSR count). The molecule has 1 heterocycles. The van der Waals surface area contributed by atoms with E-state index in [-0.39, 0.29) is 34.8 Å². The molecule has 2 amide bonds. The summed E-state index contributed by atoms with van der Waals surface area (Å²) in [5, 5.41) is 5.80. The number of benzene rings is 3. The van der Waals surface area contributed by atoms with Gasteiger partial charge in [0, 0.05) is 66.4 Å². The number of unbranched alkanes of at least 4 members (excludes halogenated alkanes) is 5. The molecule has 0 fully saturated rings. The van der Waals surface area contributed by atoms with E-state index in [1.54, 1.807) is 90.1 Å². The molecule has 3 aromatic carbocycles. The van der Waals surface area contributed by atoms with Gasteiger partial charge in [-0.3, -0.25) is 24.0 Å². The molecule has 0 saturated heterocycles. The number of carbonyl (C=O) groups excluding carboxylic acids is 5. The van der Waals surface area contributed by atoms with Gasteiger partial charge in [0.1, 0.15) is 23.0 Å². The van der Waals surface area contributed by atoms with Crippen LogP contribution in [0.3, 0.4) is 0 Å². The number of ether oxygens (including phenoxy) is 6. The van der Waals surface area contributed by atoms with Crippen LogP contribution < -0.4 is 24.8 Å². The van der Waals surface area contributed by atoms with E-state index in [0.717, 1.165) is 32.1 Å². The first-order valence-corrected chi connectivity index (χ1v) is 21.5. The number of nitrogens with one attached hydrogen (secondary N) is 2. The fraction of sp³-hybridized carbons (Fsp3) is 0.511. The minimum absolute atomic E-state index is 0.0409. The molecule has 0 spiro atoms. The highest BCUT2D eigenvalue weighted by molar-refractivity contribution is 6.17. The average Bonchev–Trinajstić information content (AvgIpc) is 3.21. The quantitative estimate of drug-likeness (QED) is 0.0292. The van der Waals surface area contributed by atoms with E-state index < -0.39 is 28.4 Å². The number of hydrogen-bond acceptors (Lipinski definition) is 11. The lowest BCUT2D eigenvalue weighted by molar-refractivity contribution is -0.143. The molecule has 13 nitrogen and oxygen atoms in total. The maximum absolute atomic E-state index is 13.2. The van der Waals surface area contributed by atoms with Crippen molar-refractivity contribution in [2.24, 2.45) is 10.8 Å². The zero-order chi connectivity index (χ0) is 44.5. The summed E-state index contributed by atoms with van der Waals surface area (Å²) < 4.78 is 34.8. The molecule has 0 atom stereocenters. The number of halogens is 1. The molecule has 1 aliphatic heterocycles. The van der Waals surface area contributed by atoms with Crippen molar-refractivity contribution in [3.63, 3.8) is 0 Å². The Morgan fingerprint density at radius 1 is 0.656 bits per heavy atom. The standard InChI is InChI=1S/C47H61ClN2O11/c1-45(2,3)43(54)59-35-19-21-37-39(30-35)61-40-31-36(60-44(55)46(4,5)6)20-22-38(40)47(37,58-32-51)34-17-15-33(16-18-34)42(53)50-24-12-9-10-14-41(52)49-25-27-57-29-28-56-26-13-8-7-11-23-48/h15-22,30-32H,7-14,23-29H2,1-6H3,(H,49,52)(H,50,53). The number of rotatable bonds is 24. The molecule has 0 saturated carbocycles. The van der Waals surface area contributed by atoms with Gasteiger partial charge in [-0.2, -0.15) is 0 Å². The van der Waals surface area contributed by atoms with Crippen LogP contribution in [0, 0.1) is 10.8 Å². The van der Waals surface area contributed by atoms with Crippen LogP contribution in [0.1, 0.15) is 120 Å². The normalized spacial score (nSPS) is 12.9. The number of amides is 2. The van der Waals surface area contributed by atoms with Crippen molar-refractivity contribution < 1.29 is 52.4 Å². The van der Waals surface area contributed by atoms with Gasteiger partial charge in [0.05, 0.1) is 30.7 Å². The van der Waals surface area contributed by atoms with Gasteiger partial charge >= 0.3 is 11.9 Å². The number of carbonyl (C=O) groups is 5. The predicted molar refractivity (Wildman–Crippen MR) is 231 cm³/mol. The van der Waals surface area contributed by atoms with Gasteiger partial charge in [0.2, 0.25) is 5.91 Å². The molecule has 61 heavy (non-hydrogen) atoms. The third-order valence-electron chi connectivity index (χ3n) is 9.79. The molecule has 332 valence electrons. The number of fused-ring (bicyclic) bond motifs is 2. The Kier molecular flexibility index (Phi) is 18.6. The highest BCUT2D eigenvalue weighted by Gasteiger charge is 2.47. The number of esters is 2. The Morgan fingerprint density at radius 2 is 1.21 bits per heavy atom. The molecule has 0 radical (unpaired) electrons. The highest BCUT2D eigenvalue weighted by atomic mass is 35.5. The van der Waals surface area contributed by atoms with Crippen molar-refractivity contribution in [1.29, 1.82) is 0 Å². The van der Waals surface area contributed by atoms with Gasteiger partial charge in [-0.1, -0.05) is 31.4 Å². The van der Waals surface area contributed by atoms with E-state index in [1.165, 1.54) is 12.1 Å². The summed E-state index contributed by atoms with van der Waals surface area (Å²) in [5.41, 5.74) is -1.37. The Bertz CT molecular complexity index is 1860. The first-order valence-electron chi connectivity index (χ1n) is 21.0. The number of hydrogen-bond donors (Lipinski definition) is 2. The smallest absolute Gasteiger partial charge is 0.316 e. The van der Waals surface area contributed by atoms with Gasteiger partial charge in [0.15, 0.2) is 5.60 Å². The summed E-state index contributed by atoms with van der Waals surface area (Å²) in [6.07, 6.45) is 6.81. The van der Waals surface area contributed by atoms with E-state index in [0.29, 0.717) is 93.4 Å². The van der Waals surface area contributed by atoms with E-state index in [2.05, 4.69) is 10.6 Å². The molecule has 0 aliphatic carbocycles. The summed E-state index contributed by atoms with van der Waals surface area (Å²) in [6, 6.07) is 16.3. The number of alkyl halides is 1. The van der Waals surface area contributed by atoms with Crippen LogP contribution >= 0.6 is 11.6 Å². The minimum Gasteiger partial charge on any atom is -0.456 e. The molecular formula is C47H61ClN2O11. The summed E-state index contributed by atoms with van der Waals surface area (Å²) in [7, 11) is 0. The van der Waals surface area contributed by atoms with E-state index in [9.17, 15) is 24.0 Å². The first-order chi connectivity index (χ1) is 29.1. The summed E-state index contributed by atoms with van der Waals surface area (Å²) in [5.74, 6) is 0.362. The third kappa shape index (κ3) is 14.3. The van der Waals surface area contributed by atoms with Crippen LogP contribution in [0.4, 0.5) is 0 Å². The average molecular weight is 865 g/mol. The summed E-state index contributed by atoms with van der Waals surface area (Å²) in [4.78, 5) is 63.3. The van der Waals surface area contributed by atoms with Gasteiger partial charge in [-0.25, -0.2) is 0 Å². The fourth-order valence-electron chi connectivity index (χ4n) is 6.32. The lowest BCUT2D eigenvalue weighted by atomic mass is 9.77. The van der Waals surface area contributed by atoms with E-state index in [4.69, 9.17) is 40.0 Å². The van der Waals surface area contributed by atoms with Crippen molar-refractivity contribution in [2.75, 3.05) is 45.4 Å². The van der Waals surface area contributed by atoms with E-state index in [1.807, 2.05) is 0 Å². The Labute approximate surface area is 364 Å². The summed E-state index contributed by atoms with van der Waals surface area (Å²) in [6.45, 7) is 13.8. The highest BCUT2D eigenvalue weighted by Crippen LogP contribution is 2.54. The second kappa shape index (κ2) is 23.3. The lowest BCUT2D eigenvalue weighted by Crippen LogP contribution is -2.36. The first kappa shape index (κ1) is 48.7. The SMILES string of the molecule is CC(C)(C)C(=O)Oc1ccc2c(c1)Oc1cc(OC(=O)C(C)(C)C)ccc1C2(OC=O)c1ccc(C(=O)NCCCCCC(=O)NCCOCCOCCCCCCCl)cc1. The molecule has 2 N–H and O–H groups in total. The van der Waals surface area contributed by atoms with Crippen LogP contribution in [0.2, 0.25) is 0 Å². The van der Waals surface area contributed by atoms with Crippen LogP contribution in [0.25, 0.3) is 0 Å². The van der Waals surface area contributed by atoms with Crippen LogP contribution in [0.15, 0.2) is 60.7 Å². The zero-order valence-electron chi connectivity index (χ0n) is 36.3. The van der Waals surface area contributed by atoms with Gasteiger partial charge in [-0.05, 0) is 104 Å². The third-order valence-corrected chi connectivity index (χ3v) is 10.1. The van der Waals surface area contributed by atoms with Crippen LogP contribution in [-0.2, 0) is 39.0 Å². The molecule has 0 unspecified atom stereocenters. The van der Waals surface area contributed by atoms with Crippen molar-refractivity contribution in [2.45, 2.75) is 98.5 Å². The van der Waals surface area contributed by atoms with Crippen LogP contribution in [-0.4, -0.2) is 75.6 Å². The van der Waals surface area contributed by atoms with E-state index >= 15 is 0 Å². The topological polar surface area (TPSA) is 165 Å². The van der Waals surface area contributed by atoms with Gasteiger partial charge < -0.3 is 39.1 Å².